The zero-order valence-corrected chi connectivity index (χ0v) is 20.7. The highest BCUT2D eigenvalue weighted by Gasteiger charge is 2.54. The van der Waals surface area contributed by atoms with E-state index < -0.39 is 0 Å². The van der Waals surface area contributed by atoms with E-state index in [-0.39, 0.29) is 23.5 Å². The molecule has 5 rings (SSSR count). The number of aromatic nitrogens is 1. The van der Waals surface area contributed by atoms with E-state index in [1.165, 1.54) is 37.7 Å². The maximum Gasteiger partial charge on any atom is 0.251 e. The first-order valence-electron chi connectivity index (χ1n) is 13.2. The molecule has 0 radical (unpaired) electrons. The van der Waals surface area contributed by atoms with E-state index in [0.717, 1.165) is 43.8 Å². The van der Waals surface area contributed by atoms with Gasteiger partial charge in [0, 0.05) is 50.0 Å². The van der Waals surface area contributed by atoms with E-state index in [4.69, 9.17) is 4.74 Å². The summed E-state index contributed by atoms with van der Waals surface area (Å²) in [5, 5.41) is 3.24. The summed E-state index contributed by atoms with van der Waals surface area (Å²) in [7, 11) is 1.74. The lowest BCUT2D eigenvalue weighted by Crippen LogP contribution is -2.51. The molecule has 2 aliphatic carbocycles. The molecular weight excluding hydrogens is 438 g/mol. The number of carbonyl (C=O) groups excluding carboxylic acids is 2. The second-order valence-corrected chi connectivity index (χ2v) is 10.5. The number of amides is 2. The maximum atomic E-state index is 13.0. The van der Waals surface area contributed by atoms with Crippen molar-refractivity contribution in [2.45, 2.75) is 75.3 Å². The molecule has 1 N–H and O–H groups in total. The number of fused-ring (bicyclic) bond motifs is 2. The Morgan fingerprint density at radius 1 is 1.06 bits per heavy atom. The average molecular weight is 476 g/mol. The molecule has 1 aliphatic heterocycles. The van der Waals surface area contributed by atoms with Gasteiger partial charge in [-0.3, -0.25) is 14.6 Å². The van der Waals surface area contributed by atoms with Crippen LogP contribution in [-0.2, 0) is 14.9 Å². The van der Waals surface area contributed by atoms with Crippen molar-refractivity contribution in [3.05, 3.63) is 65.5 Å². The molecule has 2 fully saturated rings. The van der Waals surface area contributed by atoms with Crippen molar-refractivity contribution in [1.29, 1.82) is 0 Å². The van der Waals surface area contributed by atoms with Gasteiger partial charge >= 0.3 is 0 Å². The summed E-state index contributed by atoms with van der Waals surface area (Å²) in [6.07, 6.45) is 13.1. The summed E-state index contributed by atoms with van der Waals surface area (Å²) in [5.74, 6) is 0.906. The molecular formula is C29H37N3O3. The van der Waals surface area contributed by atoms with E-state index in [9.17, 15) is 9.59 Å². The first kappa shape index (κ1) is 24.0. The molecule has 2 amide bonds. The van der Waals surface area contributed by atoms with Crippen LogP contribution in [-0.4, -0.2) is 48.0 Å². The molecule has 1 saturated heterocycles. The lowest BCUT2D eigenvalue weighted by Gasteiger charge is -2.44. The van der Waals surface area contributed by atoms with Crippen LogP contribution in [0.1, 0.15) is 85.3 Å². The molecule has 2 atom stereocenters. The number of hydrogen-bond donors (Lipinski definition) is 1. The molecule has 6 nitrogen and oxygen atoms in total. The van der Waals surface area contributed by atoms with Crippen molar-refractivity contribution in [3.8, 4) is 0 Å². The molecule has 1 aromatic carbocycles. The number of benzene rings is 1. The van der Waals surface area contributed by atoms with Crippen molar-refractivity contribution in [2.75, 3.05) is 20.2 Å². The standard InChI is InChI=1S/C29H37N3O3/c1-35-27-26(31-28(34)22-13-17-30-18-14-22)23-9-5-6-10-24(23)29(27)15-19-32(20-16-29)25(33)12-11-21-7-3-2-4-8-21/h5-6,9-10,13-14,17-18,21,26-27H,2-4,7-8,11-12,15-16,19-20H2,1H3,(H,31,34)/t26-,27+/m1/s1. The lowest BCUT2D eigenvalue weighted by atomic mass is 9.71. The number of pyridine rings is 1. The smallest absolute Gasteiger partial charge is 0.251 e. The van der Waals surface area contributed by atoms with Gasteiger partial charge in [-0.05, 0) is 48.4 Å². The average Bonchev–Trinajstić information content (AvgIpc) is 3.17. The predicted molar refractivity (Wildman–Crippen MR) is 135 cm³/mol. The fourth-order valence-corrected chi connectivity index (χ4v) is 6.77. The number of nitrogens with one attached hydrogen (secondary N) is 1. The Kier molecular flexibility index (Phi) is 7.19. The minimum atomic E-state index is -0.231. The SMILES string of the molecule is CO[C@H]1[C@H](NC(=O)c2ccncc2)c2ccccc2C12CCN(C(=O)CCC1CCCCC1)CC2. The summed E-state index contributed by atoms with van der Waals surface area (Å²) in [5.41, 5.74) is 2.76. The number of ether oxygens (including phenoxy) is 1. The van der Waals surface area contributed by atoms with Gasteiger partial charge in [0.15, 0.2) is 0 Å². The Bertz CT molecular complexity index is 1030. The fourth-order valence-electron chi connectivity index (χ4n) is 6.77. The Labute approximate surface area is 208 Å². The number of piperidine rings is 1. The van der Waals surface area contributed by atoms with Gasteiger partial charge in [0.25, 0.3) is 5.91 Å². The maximum absolute atomic E-state index is 13.0. The van der Waals surface area contributed by atoms with Crippen molar-refractivity contribution in [1.82, 2.24) is 15.2 Å². The Morgan fingerprint density at radius 2 is 1.77 bits per heavy atom. The van der Waals surface area contributed by atoms with Gasteiger partial charge < -0.3 is 15.0 Å². The van der Waals surface area contributed by atoms with Crippen LogP contribution in [0.4, 0.5) is 0 Å². The van der Waals surface area contributed by atoms with Crippen LogP contribution in [0, 0.1) is 5.92 Å². The second-order valence-electron chi connectivity index (χ2n) is 10.5. The molecule has 186 valence electrons. The highest BCUT2D eigenvalue weighted by atomic mass is 16.5. The minimum absolute atomic E-state index is 0.123. The number of nitrogens with zero attached hydrogens (tertiary/aromatic N) is 2. The van der Waals surface area contributed by atoms with Crippen LogP contribution in [0.25, 0.3) is 0 Å². The van der Waals surface area contributed by atoms with Gasteiger partial charge in [0.2, 0.25) is 5.91 Å². The zero-order chi connectivity index (χ0) is 24.3. The second kappa shape index (κ2) is 10.5. The monoisotopic (exact) mass is 475 g/mol. The molecule has 0 bridgehead atoms. The van der Waals surface area contributed by atoms with Crippen LogP contribution >= 0.6 is 0 Å². The van der Waals surface area contributed by atoms with Gasteiger partial charge in [0.1, 0.15) is 0 Å². The molecule has 35 heavy (non-hydrogen) atoms. The highest BCUT2D eigenvalue weighted by Crippen LogP contribution is 2.52. The fraction of sp³-hybridized carbons (Fsp3) is 0.552. The number of carbonyl (C=O) groups is 2. The molecule has 1 saturated carbocycles. The van der Waals surface area contributed by atoms with Crippen LogP contribution in [0.15, 0.2) is 48.8 Å². The third kappa shape index (κ3) is 4.73. The number of methoxy groups -OCH3 is 1. The van der Waals surface area contributed by atoms with Gasteiger partial charge in [0.05, 0.1) is 12.1 Å². The third-order valence-electron chi connectivity index (χ3n) is 8.66. The highest BCUT2D eigenvalue weighted by molar-refractivity contribution is 5.94. The van der Waals surface area contributed by atoms with E-state index in [1.54, 1.807) is 31.6 Å². The summed E-state index contributed by atoms with van der Waals surface area (Å²) in [6, 6.07) is 11.6. The Balaban J connectivity index is 1.29. The van der Waals surface area contributed by atoms with E-state index in [2.05, 4.69) is 33.4 Å². The first-order chi connectivity index (χ1) is 17.1. The Hall–Kier alpha value is -2.73. The third-order valence-corrected chi connectivity index (χ3v) is 8.66. The largest absolute Gasteiger partial charge is 0.378 e. The van der Waals surface area contributed by atoms with Crippen LogP contribution in [0.5, 0.6) is 0 Å². The molecule has 2 aromatic rings. The van der Waals surface area contributed by atoms with Crippen LogP contribution in [0.2, 0.25) is 0 Å². The molecule has 0 unspecified atom stereocenters. The molecule has 2 heterocycles. The first-order valence-corrected chi connectivity index (χ1v) is 13.2. The lowest BCUT2D eigenvalue weighted by molar-refractivity contribution is -0.134. The molecule has 3 aliphatic rings. The normalized spacial score (nSPS) is 23.7. The van der Waals surface area contributed by atoms with Crippen LogP contribution < -0.4 is 5.32 Å². The van der Waals surface area contributed by atoms with Crippen molar-refractivity contribution in [2.24, 2.45) is 5.92 Å². The summed E-state index contributed by atoms with van der Waals surface area (Å²) < 4.78 is 6.13. The van der Waals surface area contributed by atoms with Crippen molar-refractivity contribution < 1.29 is 14.3 Å². The number of hydrogen-bond acceptors (Lipinski definition) is 4. The summed E-state index contributed by atoms with van der Waals surface area (Å²) in [6.45, 7) is 1.48. The van der Waals surface area contributed by atoms with Crippen molar-refractivity contribution in [3.63, 3.8) is 0 Å². The van der Waals surface area contributed by atoms with E-state index in [0.29, 0.717) is 17.9 Å². The Morgan fingerprint density at radius 3 is 2.49 bits per heavy atom. The van der Waals surface area contributed by atoms with Crippen molar-refractivity contribution >= 4 is 11.8 Å². The molecule has 1 spiro atoms. The van der Waals surface area contributed by atoms with E-state index >= 15 is 0 Å². The number of rotatable bonds is 6. The number of likely N-dealkylation sites (tertiary alicyclic amines) is 1. The van der Waals surface area contributed by atoms with Gasteiger partial charge in [-0.15, -0.1) is 0 Å². The van der Waals surface area contributed by atoms with Gasteiger partial charge in [-0.2, -0.15) is 0 Å². The van der Waals surface area contributed by atoms with E-state index in [1.807, 2.05) is 6.07 Å². The summed E-state index contributed by atoms with van der Waals surface area (Å²) in [4.78, 5) is 32.2. The zero-order valence-electron chi connectivity index (χ0n) is 20.7. The topological polar surface area (TPSA) is 71.5 Å². The van der Waals surface area contributed by atoms with Gasteiger partial charge in [-0.1, -0.05) is 56.4 Å². The molecule has 6 heteroatoms. The predicted octanol–water partition coefficient (Wildman–Crippen LogP) is 4.80. The minimum Gasteiger partial charge on any atom is -0.378 e. The summed E-state index contributed by atoms with van der Waals surface area (Å²) >= 11 is 0. The molecule has 1 aromatic heterocycles. The van der Waals surface area contributed by atoms with Gasteiger partial charge in [-0.25, -0.2) is 0 Å². The van der Waals surface area contributed by atoms with Crippen LogP contribution in [0.3, 0.4) is 0 Å². The quantitative estimate of drug-likeness (QED) is 0.651.